The molecule has 0 aliphatic heterocycles. The van der Waals surface area contributed by atoms with E-state index in [1.807, 2.05) is 37.3 Å². The van der Waals surface area contributed by atoms with Gasteiger partial charge < -0.3 is 10.4 Å². The van der Waals surface area contributed by atoms with Gasteiger partial charge in [0.2, 0.25) is 0 Å². The fourth-order valence-electron chi connectivity index (χ4n) is 2.60. The largest absolute Gasteiger partial charge is 0.430 e. The highest BCUT2D eigenvalue weighted by molar-refractivity contribution is 5.47. The minimum Gasteiger partial charge on any atom is -0.382 e. The van der Waals surface area contributed by atoms with Crippen LogP contribution < -0.4 is 5.32 Å². The van der Waals surface area contributed by atoms with Crippen molar-refractivity contribution in [3.8, 4) is 0 Å². The van der Waals surface area contributed by atoms with E-state index in [1.54, 1.807) is 0 Å². The van der Waals surface area contributed by atoms with Gasteiger partial charge in [-0.05, 0) is 31.0 Å². The third kappa shape index (κ3) is 4.12. The Morgan fingerprint density at radius 3 is 1.81 bits per heavy atom. The quantitative estimate of drug-likeness (QED) is 0.716. The maximum Gasteiger partial charge on any atom is 0.430 e. The smallest absolute Gasteiger partial charge is 0.382 e. The molecule has 26 heavy (non-hydrogen) atoms. The van der Waals surface area contributed by atoms with Gasteiger partial charge in [-0.3, -0.25) is 0 Å². The van der Waals surface area contributed by atoms with Crippen molar-refractivity contribution in [3.05, 3.63) is 65.7 Å². The highest BCUT2D eigenvalue weighted by atomic mass is 19.4. The number of aliphatic hydroxyl groups is 1. The minimum absolute atomic E-state index is 0.104. The minimum atomic E-state index is -5.89. The molecule has 0 radical (unpaired) electrons. The van der Waals surface area contributed by atoms with Crippen LogP contribution in [-0.2, 0) is 12.0 Å². The first-order valence-corrected chi connectivity index (χ1v) is 7.72. The second-order valence-corrected chi connectivity index (χ2v) is 6.02. The van der Waals surface area contributed by atoms with E-state index < -0.39 is 23.5 Å². The predicted molar refractivity (Wildman–Crippen MR) is 85.7 cm³/mol. The van der Waals surface area contributed by atoms with Crippen LogP contribution in [0.4, 0.5) is 32.0 Å². The van der Waals surface area contributed by atoms with E-state index in [0.29, 0.717) is 24.2 Å². The lowest BCUT2D eigenvalue weighted by molar-refractivity contribution is -0.376. The molecule has 2 aromatic rings. The number of nitrogens with one attached hydrogen (secondary N) is 1. The summed E-state index contributed by atoms with van der Waals surface area (Å²) in [7, 11) is 0. The lowest BCUT2D eigenvalue weighted by atomic mass is 9.92. The van der Waals surface area contributed by atoms with Crippen molar-refractivity contribution >= 4 is 5.69 Å². The van der Waals surface area contributed by atoms with Gasteiger partial charge >= 0.3 is 12.4 Å². The van der Waals surface area contributed by atoms with Crippen molar-refractivity contribution in [2.45, 2.75) is 37.3 Å². The molecule has 0 amide bonds. The number of rotatable bonds is 5. The van der Waals surface area contributed by atoms with Crippen molar-refractivity contribution in [1.29, 1.82) is 0 Å². The molecule has 0 saturated carbocycles. The van der Waals surface area contributed by atoms with Crippen LogP contribution in [0.3, 0.4) is 0 Å². The molecule has 1 unspecified atom stereocenters. The summed E-state index contributed by atoms with van der Waals surface area (Å²) in [5, 5.41) is 12.4. The second-order valence-electron chi connectivity index (χ2n) is 6.02. The number of hydrogen-bond acceptors (Lipinski definition) is 2. The highest BCUT2D eigenvalue weighted by Gasteiger charge is 2.71. The van der Waals surface area contributed by atoms with E-state index in [0.717, 1.165) is 17.7 Å². The molecule has 0 aliphatic carbocycles. The Bertz CT molecular complexity index is 695. The zero-order valence-corrected chi connectivity index (χ0v) is 13.7. The second kappa shape index (κ2) is 7.19. The fraction of sp³-hybridized carbons (Fsp3) is 0.333. The van der Waals surface area contributed by atoms with Gasteiger partial charge in [-0.2, -0.15) is 26.3 Å². The fourth-order valence-corrected chi connectivity index (χ4v) is 2.60. The van der Waals surface area contributed by atoms with Crippen molar-refractivity contribution in [2.24, 2.45) is 0 Å². The average Bonchev–Trinajstić information content (AvgIpc) is 2.53. The van der Waals surface area contributed by atoms with E-state index in [1.165, 1.54) is 0 Å². The maximum absolute atomic E-state index is 12.9. The van der Waals surface area contributed by atoms with Gasteiger partial charge in [0.15, 0.2) is 0 Å². The molecule has 0 heterocycles. The van der Waals surface area contributed by atoms with E-state index >= 15 is 0 Å². The zero-order chi connectivity index (χ0) is 19.6. The summed E-state index contributed by atoms with van der Waals surface area (Å²) in [6.07, 6.45) is -11.2. The summed E-state index contributed by atoms with van der Waals surface area (Å²) in [6.45, 7) is 1.84. The molecule has 0 fully saturated rings. The van der Waals surface area contributed by atoms with Gasteiger partial charge in [0.1, 0.15) is 0 Å². The number of hydrogen-bond donors (Lipinski definition) is 2. The molecule has 8 heteroatoms. The van der Waals surface area contributed by atoms with Crippen LogP contribution >= 0.6 is 0 Å². The molecular weight excluding hydrogens is 360 g/mol. The van der Waals surface area contributed by atoms with Gasteiger partial charge in [-0.25, -0.2) is 0 Å². The molecule has 1 atom stereocenters. The molecule has 142 valence electrons. The van der Waals surface area contributed by atoms with Crippen LogP contribution in [0, 0.1) is 0 Å². The van der Waals surface area contributed by atoms with Gasteiger partial charge in [0.05, 0.1) is 0 Å². The molecule has 2 aromatic carbocycles. The number of alkyl halides is 6. The van der Waals surface area contributed by atoms with Crippen LogP contribution in [0.15, 0.2) is 54.6 Å². The maximum atomic E-state index is 12.9. The average molecular weight is 377 g/mol. The molecular formula is C18H17F6NO. The molecule has 0 bridgehead atoms. The molecule has 0 aromatic heterocycles. The summed E-state index contributed by atoms with van der Waals surface area (Å²) in [6, 6.07) is 12.7. The standard InChI is InChI=1S/C18H17F6NO/c1-12(11-13-5-3-2-4-6-13)25-15-9-7-14(8-10-15)16(26,17(19,20)21)18(22,23)24/h2-10,12,25-26H,11H2,1H3. The monoisotopic (exact) mass is 377 g/mol. The first kappa shape index (κ1) is 20.1. The van der Waals surface area contributed by atoms with Gasteiger partial charge in [0, 0.05) is 17.3 Å². The van der Waals surface area contributed by atoms with Gasteiger partial charge in [0.25, 0.3) is 5.60 Å². The van der Waals surface area contributed by atoms with Crippen LogP contribution in [0.1, 0.15) is 18.1 Å². The Morgan fingerprint density at radius 1 is 0.846 bits per heavy atom. The topological polar surface area (TPSA) is 32.3 Å². The highest BCUT2D eigenvalue weighted by Crippen LogP contribution is 2.50. The predicted octanol–water partition coefficient (Wildman–Crippen LogP) is 5.04. The van der Waals surface area contributed by atoms with E-state index in [-0.39, 0.29) is 6.04 Å². The molecule has 2 rings (SSSR count). The van der Waals surface area contributed by atoms with E-state index in [2.05, 4.69) is 5.32 Å². The van der Waals surface area contributed by atoms with Crippen LogP contribution in [0.25, 0.3) is 0 Å². The molecule has 0 saturated heterocycles. The van der Waals surface area contributed by atoms with Gasteiger partial charge in [-0.15, -0.1) is 0 Å². The van der Waals surface area contributed by atoms with Gasteiger partial charge in [-0.1, -0.05) is 42.5 Å². The SMILES string of the molecule is CC(Cc1ccccc1)Nc1ccc(C(O)(C(F)(F)F)C(F)(F)F)cc1. The normalized spacial score (nSPS) is 14.2. The summed E-state index contributed by atoms with van der Waals surface area (Å²) >= 11 is 0. The summed E-state index contributed by atoms with van der Waals surface area (Å²) in [4.78, 5) is 0. The lowest BCUT2D eigenvalue weighted by Crippen LogP contribution is -2.53. The first-order chi connectivity index (χ1) is 11.9. The Hall–Kier alpha value is -2.22. The molecule has 0 spiro atoms. The lowest BCUT2D eigenvalue weighted by Gasteiger charge is -2.32. The Balaban J connectivity index is 2.17. The van der Waals surface area contributed by atoms with Crippen molar-refractivity contribution < 1.29 is 31.4 Å². The molecule has 0 aliphatic rings. The van der Waals surface area contributed by atoms with Crippen molar-refractivity contribution in [2.75, 3.05) is 5.32 Å². The molecule has 2 nitrogen and oxygen atoms in total. The summed E-state index contributed by atoms with van der Waals surface area (Å²) in [5.74, 6) is 0. The van der Waals surface area contributed by atoms with Crippen molar-refractivity contribution in [1.82, 2.24) is 0 Å². The number of benzene rings is 2. The Morgan fingerprint density at radius 2 is 1.35 bits per heavy atom. The van der Waals surface area contributed by atoms with Crippen molar-refractivity contribution in [3.63, 3.8) is 0 Å². The third-order valence-electron chi connectivity index (χ3n) is 3.92. The van der Waals surface area contributed by atoms with Crippen LogP contribution in [-0.4, -0.2) is 23.5 Å². The van der Waals surface area contributed by atoms with E-state index in [9.17, 15) is 31.4 Å². The van der Waals surface area contributed by atoms with Crippen LogP contribution in [0.5, 0.6) is 0 Å². The number of anilines is 1. The summed E-state index contributed by atoms with van der Waals surface area (Å²) < 4.78 is 77.1. The number of halogens is 6. The third-order valence-corrected chi connectivity index (χ3v) is 3.92. The van der Waals surface area contributed by atoms with E-state index in [4.69, 9.17) is 0 Å². The van der Waals surface area contributed by atoms with Crippen LogP contribution in [0.2, 0.25) is 0 Å². The Kier molecular flexibility index (Phi) is 5.55. The Labute approximate surface area is 146 Å². The first-order valence-electron chi connectivity index (χ1n) is 7.72. The zero-order valence-electron chi connectivity index (χ0n) is 13.7. The molecule has 2 N–H and O–H groups in total. The summed E-state index contributed by atoms with van der Waals surface area (Å²) in [5.41, 5.74) is -4.80.